The highest BCUT2D eigenvalue weighted by molar-refractivity contribution is 4.81. The van der Waals surface area contributed by atoms with E-state index in [4.69, 9.17) is 4.74 Å². The molecule has 0 aromatic carbocycles. The third-order valence-corrected chi connectivity index (χ3v) is 4.82. The van der Waals surface area contributed by atoms with Crippen molar-refractivity contribution in [2.24, 2.45) is 17.8 Å². The van der Waals surface area contributed by atoms with Gasteiger partial charge in [-0.3, -0.25) is 0 Å². The first-order valence-electron chi connectivity index (χ1n) is 8.33. The summed E-state index contributed by atoms with van der Waals surface area (Å²) in [6.07, 6.45) is 8.29. The number of unbranched alkanes of at least 4 members (excludes halogenated alkanes) is 1. The smallest absolute Gasteiger partial charge is 0.0608 e. The zero-order valence-electron chi connectivity index (χ0n) is 13.7. The van der Waals surface area contributed by atoms with Crippen molar-refractivity contribution in [3.05, 3.63) is 0 Å². The molecule has 114 valence electrons. The minimum atomic E-state index is 0.519. The summed E-state index contributed by atoms with van der Waals surface area (Å²) < 4.78 is 6.22. The van der Waals surface area contributed by atoms with E-state index in [2.05, 4.69) is 33.0 Å². The van der Waals surface area contributed by atoms with E-state index >= 15 is 0 Å². The van der Waals surface area contributed by atoms with Crippen LogP contribution in [-0.4, -0.2) is 25.8 Å². The van der Waals surface area contributed by atoms with Gasteiger partial charge >= 0.3 is 0 Å². The fourth-order valence-electron chi connectivity index (χ4n) is 3.24. The molecule has 0 bridgehead atoms. The highest BCUT2D eigenvalue weighted by Gasteiger charge is 2.31. The molecule has 1 N–H and O–H groups in total. The molecule has 2 nitrogen and oxygen atoms in total. The van der Waals surface area contributed by atoms with E-state index < -0.39 is 0 Å². The molecule has 0 aromatic rings. The average molecular weight is 269 g/mol. The Kier molecular flexibility index (Phi) is 8.01. The van der Waals surface area contributed by atoms with Crippen molar-refractivity contribution >= 4 is 0 Å². The molecule has 1 aliphatic carbocycles. The largest absolute Gasteiger partial charge is 0.378 e. The van der Waals surface area contributed by atoms with Gasteiger partial charge in [-0.2, -0.15) is 0 Å². The summed E-state index contributed by atoms with van der Waals surface area (Å²) in [6, 6.07) is 0.637. The van der Waals surface area contributed by atoms with E-state index in [-0.39, 0.29) is 0 Å². The maximum absolute atomic E-state index is 6.22. The molecule has 1 rings (SSSR count). The maximum Gasteiger partial charge on any atom is 0.0608 e. The van der Waals surface area contributed by atoms with Crippen LogP contribution in [0, 0.1) is 17.8 Å². The standard InChI is InChI=1S/C17H35NO/c1-13(2)16-10-9-14(3)12-17(16)19-11-7-6-8-15(4)18-5/h13-18H,6-12H2,1-5H3. The van der Waals surface area contributed by atoms with Crippen molar-refractivity contribution in [1.82, 2.24) is 5.32 Å². The van der Waals surface area contributed by atoms with Gasteiger partial charge < -0.3 is 10.1 Å². The van der Waals surface area contributed by atoms with E-state index in [1.165, 1.54) is 38.5 Å². The molecule has 0 spiro atoms. The van der Waals surface area contributed by atoms with E-state index in [9.17, 15) is 0 Å². The van der Waals surface area contributed by atoms with Crippen molar-refractivity contribution < 1.29 is 4.74 Å². The van der Waals surface area contributed by atoms with Crippen LogP contribution in [0.3, 0.4) is 0 Å². The molecule has 0 amide bonds. The van der Waals surface area contributed by atoms with Crippen molar-refractivity contribution in [3.8, 4) is 0 Å². The first kappa shape index (κ1) is 17.0. The Balaban J connectivity index is 2.21. The molecular weight excluding hydrogens is 234 g/mol. The Hall–Kier alpha value is -0.0800. The third-order valence-electron chi connectivity index (χ3n) is 4.82. The zero-order valence-corrected chi connectivity index (χ0v) is 13.7. The van der Waals surface area contributed by atoms with Crippen molar-refractivity contribution in [2.75, 3.05) is 13.7 Å². The second-order valence-corrected chi connectivity index (χ2v) is 6.92. The van der Waals surface area contributed by atoms with E-state index in [0.717, 1.165) is 24.4 Å². The SMILES string of the molecule is CNC(C)CCCCOC1CC(C)CCC1C(C)C. The highest BCUT2D eigenvalue weighted by atomic mass is 16.5. The van der Waals surface area contributed by atoms with Crippen LogP contribution in [0.4, 0.5) is 0 Å². The van der Waals surface area contributed by atoms with Gasteiger partial charge in [0.05, 0.1) is 6.10 Å². The van der Waals surface area contributed by atoms with Gasteiger partial charge in [-0.15, -0.1) is 0 Å². The van der Waals surface area contributed by atoms with Crippen LogP contribution in [0.15, 0.2) is 0 Å². The van der Waals surface area contributed by atoms with Gasteiger partial charge in [0.25, 0.3) is 0 Å². The first-order chi connectivity index (χ1) is 9.04. The summed E-state index contributed by atoms with van der Waals surface area (Å²) in [5, 5.41) is 3.29. The van der Waals surface area contributed by atoms with E-state index in [1.54, 1.807) is 0 Å². The first-order valence-corrected chi connectivity index (χ1v) is 8.33. The van der Waals surface area contributed by atoms with Gasteiger partial charge in [-0.1, -0.05) is 27.2 Å². The molecule has 4 unspecified atom stereocenters. The molecule has 1 saturated carbocycles. The summed E-state index contributed by atoms with van der Waals surface area (Å²) in [7, 11) is 2.04. The van der Waals surface area contributed by atoms with E-state index in [0.29, 0.717) is 12.1 Å². The minimum absolute atomic E-state index is 0.519. The van der Waals surface area contributed by atoms with Crippen LogP contribution in [0.25, 0.3) is 0 Å². The van der Waals surface area contributed by atoms with E-state index in [1.807, 2.05) is 7.05 Å². The van der Waals surface area contributed by atoms with Gasteiger partial charge in [-0.05, 0) is 63.8 Å². The molecular formula is C17H35NO. The second kappa shape index (κ2) is 8.97. The zero-order chi connectivity index (χ0) is 14.3. The normalized spacial score (nSPS) is 29.7. The second-order valence-electron chi connectivity index (χ2n) is 6.92. The lowest BCUT2D eigenvalue weighted by atomic mass is 9.75. The van der Waals surface area contributed by atoms with Crippen LogP contribution >= 0.6 is 0 Å². The van der Waals surface area contributed by atoms with Gasteiger partial charge in [-0.25, -0.2) is 0 Å². The lowest BCUT2D eigenvalue weighted by molar-refractivity contribution is -0.0395. The highest BCUT2D eigenvalue weighted by Crippen LogP contribution is 2.35. The quantitative estimate of drug-likeness (QED) is 0.665. The molecule has 19 heavy (non-hydrogen) atoms. The van der Waals surface area contributed by atoms with Gasteiger partial charge in [0, 0.05) is 12.6 Å². The van der Waals surface area contributed by atoms with Gasteiger partial charge in [0.1, 0.15) is 0 Å². The summed E-state index contributed by atoms with van der Waals surface area (Å²) in [6.45, 7) is 10.3. The predicted octanol–water partition coefficient (Wildman–Crippen LogP) is 4.24. The van der Waals surface area contributed by atoms with Crippen molar-refractivity contribution in [2.45, 2.75) is 78.4 Å². The van der Waals surface area contributed by atoms with Crippen LogP contribution in [0.5, 0.6) is 0 Å². The molecule has 0 saturated heterocycles. The summed E-state index contributed by atoms with van der Waals surface area (Å²) in [5.74, 6) is 2.40. The monoisotopic (exact) mass is 269 g/mol. The Morgan fingerprint density at radius 2 is 1.89 bits per heavy atom. The molecule has 4 atom stereocenters. The molecule has 0 aliphatic heterocycles. The summed E-state index contributed by atoms with van der Waals surface area (Å²) in [5.41, 5.74) is 0. The predicted molar refractivity (Wildman–Crippen MR) is 83.5 cm³/mol. The lowest BCUT2D eigenvalue weighted by Crippen LogP contribution is -2.34. The lowest BCUT2D eigenvalue weighted by Gasteiger charge is -2.37. The van der Waals surface area contributed by atoms with Gasteiger partial charge in [0.2, 0.25) is 0 Å². The molecule has 1 fully saturated rings. The Bertz CT molecular complexity index is 229. The Morgan fingerprint density at radius 1 is 1.16 bits per heavy atom. The number of nitrogens with one attached hydrogen (secondary N) is 1. The number of rotatable bonds is 8. The molecule has 2 heteroatoms. The van der Waals surface area contributed by atoms with Gasteiger partial charge in [0.15, 0.2) is 0 Å². The van der Waals surface area contributed by atoms with Crippen molar-refractivity contribution in [1.29, 1.82) is 0 Å². The summed E-state index contributed by atoms with van der Waals surface area (Å²) >= 11 is 0. The fourth-order valence-corrected chi connectivity index (χ4v) is 3.24. The van der Waals surface area contributed by atoms with Crippen LogP contribution in [-0.2, 0) is 4.74 Å². The Morgan fingerprint density at radius 3 is 2.53 bits per heavy atom. The topological polar surface area (TPSA) is 21.3 Å². The molecule has 0 aromatic heterocycles. The van der Waals surface area contributed by atoms with Crippen LogP contribution in [0.2, 0.25) is 0 Å². The molecule has 0 heterocycles. The van der Waals surface area contributed by atoms with Crippen LogP contribution < -0.4 is 5.32 Å². The average Bonchev–Trinajstić information content (AvgIpc) is 2.37. The third kappa shape index (κ3) is 6.27. The fraction of sp³-hybridized carbons (Fsp3) is 1.00. The number of ether oxygens (including phenoxy) is 1. The Labute approximate surface area is 120 Å². The van der Waals surface area contributed by atoms with Crippen LogP contribution in [0.1, 0.15) is 66.2 Å². The summed E-state index contributed by atoms with van der Waals surface area (Å²) in [4.78, 5) is 0. The minimum Gasteiger partial charge on any atom is -0.378 e. The van der Waals surface area contributed by atoms with Crippen molar-refractivity contribution in [3.63, 3.8) is 0 Å². The number of hydrogen-bond donors (Lipinski definition) is 1. The maximum atomic E-state index is 6.22. The number of hydrogen-bond acceptors (Lipinski definition) is 2. The molecule has 1 aliphatic rings. The molecule has 0 radical (unpaired) electrons.